The molecule has 3 heterocycles. The molecule has 2 aliphatic rings. The zero-order chi connectivity index (χ0) is 17.1. The number of nitrogens with zero attached hydrogens (tertiary/aromatic N) is 3. The van der Waals surface area contributed by atoms with Crippen molar-refractivity contribution in [2.24, 2.45) is 10.7 Å². The predicted octanol–water partition coefficient (Wildman–Crippen LogP) is 2.81. The smallest absolute Gasteiger partial charge is 0.189 e. The van der Waals surface area contributed by atoms with Gasteiger partial charge in [-0.15, -0.1) is 24.0 Å². The first kappa shape index (κ1) is 19.0. The van der Waals surface area contributed by atoms with Gasteiger partial charge in [0.25, 0.3) is 0 Å². The summed E-state index contributed by atoms with van der Waals surface area (Å²) in [6, 6.07) is 8.25. The van der Waals surface area contributed by atoms with Crippen molar-refractivity contribution < 1.29 is 4.74 Å². The summed E-state index contributed by atoms with van der Waals surface area (Å²) in [6.07, 6.45) is 7.48. The van der Waals surface area contributed by atoms with Crippen molar-refractivity contribution in [1.82, 2.24) is 14.9 Å². The van der Waals surface area contributed by atoms with Gasteiger partial charge in [0.1, 0.15) is 11.6 Å². The Balaban J connectivity index is 0.00000196. The number of imidazole rings is 1. The van der Waals surface area contributed by atoms with Crippen LogP contribution in [0.3, 0.4) is 0 Å². The zero-order valence-corrected chi connectivity index (χ0v) is 17.2. The second-order valence-corrected chi connectivity index (χ2v) is 6.69. The third-order valence-corrected chi connectivity index (χ3v) is 4.89. The molecular formula is C19H26IN5O. The van der Waals surface area contributed by atoms with E-state index in [2.05, 4.69) is 27.1 Å². The monoisotopic (exact) mass is 467 g/mol. The summed E-state index contributed by atoms with van der Waals surface area (Å²) in [7, 11) is 0. The standard InChI is InChI=1S/C19H25N5O.HI/c20-19(23-16-9-12-25-17-6-2-1-5-15(16)17)21-10-8-14-13-24-11-4-3-7-18(24)22-14;/h1-2,5-6,13,16H,3-4,7-12H2,(H3,20,21,23);1H. The van der Waals surface area contributed by atoms with Gasteiger partial charge in [0.05, 0.1) is 18.3 Å². The van der Waals surface area contributed by atoms with E-state index in [0.717, 1.165) is 42.8 Å². The summed E-state index contributed by atoms with van der Waals surface area (Å²) in [4.78, 5) is 9.19. The molecule has 0 saturated heterocycles. The highest BCUT2D eigenvalue weighted by molar-refractivity contribution is 14.0. The largest absolute Gasteiger partial charge is 0.493 e. The molecule has 1 unspecified atom stereocenters. The molecule has 6 nitrogen and oxygen atoms in total. The second-order valence-electron chi connectivity index (χ2n) is 6.69. The number of ether oxygens (including phenoxy) is 1. The van der Waals surface area contributed by atoms with E-state index in [1.54, 1.807) is 0 Å². The lowest BCUT2D eigenvalue weighted by molar-refractivity contribution is 0.262. The molecule has 2 aromatic rings. The molecule has 140 valence electrons. The number of benzene rings is 1. The summed E-state index contributed by atoms with van der Waals surface area (Å²) >= 11 is 0. The average molecular weight is 467 g/mol. The minimum Gasteiger partial charge on any atom is -0.493 e. The van der Waals surface area contributed by atoms with Gasteiger partial charge in [0.15, 0.2) is 5.96 Å². The topological polar surface area (TPSA) is 77.5 Å². The molecule has 4 rings (SSSR count). The summed E-state index contributed by atoms with van der Waals surface area (Å²) in [6.45, 7) is 2.45. The van der Waals surface area contributed by atoms with Crippen LogP contribution in [0.1, 0.15) is 42.4 Å². The molecular weight excluding hydrogens is 441 g/mol. The fourth-order valence-corrected chi connectivity index (χ4v) is 3.60. The van der Waals surface area contributed by atoms with Crippen LogP contribution in [-0.4, -0.2) is 28.7 Å². The Kier molecular flexibility index (Phi) is 6.39. The Morgan fingerprint density at radius 3 is 3.12 bits per heavy atom. The van der Waals surface area contributed by atoms with E-state index >= 15 is 0 Å². The SMILES string of the molecule is I.NC(=NCCc1cn2c(n1)CCCC2)NC1CCOc2ccccc21. The molecule has 0 amide bonds. The normalized spacial score (nSPS) is 18.9. The average Bonchev–Trinajstić information content (AvgIpc) is 3.05. The predicted molar refractivity (Wildman–Crippen MR) is 113 cm³/mol. The van der Waals surface area contributed by atoms with Crippen LogP contribution in [0.15, 0.2) is 35.5 Å². The number of aliphatic imine (C=N–C) groups is 1. The molecule has 0 spiro atoms. The van der Waals surface area contributed by atoms with Crippen molar-refractivity contribution in [3.63, 3.8) is 0 Å². The molecule has 1 aromatic heterocycles. The molecule has 0 fully saturated rings. The first-order valence-corrected chi connectivity index (χ1v) is 9.13. The van der Waals surface area contributed by atoms with Crippen LogP contribution in [0.4, 0.5) is 0 Å². The Morgan fingerprint density at radius 1 is 1.35 bits per heavy atom. The van der Waals surface area contributed by atoms with Gasteiger partial charge in [-0.2, -0.15) is 0 Å². The Bertz CT molecular complexity index is 750. The van der Waals surface area contributed by atoms with E-state index < -0.39 is 0 Å². The zero-order valence-electron chi connectivity index (χ0n) is 14.9. The maximum atomic E-state index is 6.10. The van der Waals surface area contributed by atoms with Crippen LogP contribution in [0, 0.1) is 0 Å². The van der Waals surface area contributed by atoms with E-state index in [1.165, 1.54) is 18.7 Å². The van der Waals surface area contributed by atoms with E-state index in [1.807, 2.05) is 18.2 Å². The van der Waals surface area contributed by atoms with Crippen LogP contribution in [0.25, 0.3) is 0 Å². The Labute approximate surface area is 171 Å². The third-order valence-electron chi connectivity index (χ3n) is 4.89. The van der Waals surface area contributed by atoms with Gasteiger partial charge in [0, 0.05) is 44.1 Å². The molecule has 0 saturated carbocycles. The number of nitrogens with two attached hydrogens (primary N) is 1. The van der Waals surface area contributed by atoms with Crippen molar-refractivity contribution in [3.8, 4) is 5.75 Å². The fraction of sp³-hybridized carbons (Fsp3) is 0.474. The van der Waals surface area contributed by atoms with Gasteiger partial charge in [-0.3, -0.25) is 4.99 Å². The molecule has 26 heavy (non-hydrogen) atoms. The molecule has 1 aromatic carbocycles. The van der Waals surface area contributed by atoms with Crippen molar-refractivity contribution >= 4 is 29.9 Å². The first-order valence-electron chi connectivity index (χ1n) is 9.13. The van der Waals surface area contributed by atoms with E-state index in [4.69, 9.17) is 15.5 Å². The summed E-state index contributed by atoms with van der Waals surface area (Å²) in [5.41, 5.74) is 8.36. The molecule has 2 aliphatic heterocycles. The van der Waals surface area contributed by atoms with Crippen molar-refractivity contribution in [2.75, 3.05) is 13.2 Å². The molecule has 7 heteroatoms. The summed E-state index contributed by atoms with van der Waals surface area (Å²) in [5, 5.41) is 3.33. The van der Waals surface area contributed by atoms with Gasteiger partial charge in [-0.25, -0.2) is 4.98 Å². The van der Waals surface area contributed by atoms with Crippen molar-refractivity contribution in [3.05, 3.63) is 47.5 Å². The van der Waals surface area contributed by atoms with Crippen LogP contribution < -0.4 is 15.8 Å². The van der Waals surface area contributed by atoms with Gasteiger partial charge >= 0.3 is 0 Å². The number of para-hydroxylation sites is 1. The van der Waals surface area contributed by atoms with Crippen molar-refractivity contribution in [2.45, 2.75) is 44.7 Å². The quantitative estimate of drug-likeness (QED) is 0.412. The third kappa shape index (κ3) is 4.31. The van der Waals surface area contributed by atoms with Crippen LogP contribution in [-0.2, 0) is 19.4 Å². The Morgan fingerprint density at radius 2 is 2.23 bits per heavy atom. The number of hydrogen-bond acceptors (Lipinski definition) is 3. The van der Waals surface area contributed by atoms with Crippen LogP contribution >= 0.6 is 24.0 Å². The molecule has 0 bridgehead atoms. The maximum absolute atomic E-state index is 6.10. The summed E-state index contributed by atoms with van der Waals surface area (Å²) < 4.78 is 7.96. The maximum Gasteiger partial charge on any atom is 0.189 e. The van der Waals surface area contributed by atoms with Gasteiger partial charge in [-0.1, -0.05) is 18.2 Å². The molecule has 1 atom stereocenters. The van der Waals surface area contributed by atoms with Gasteiger partial charge in [0.2, 0.25) is 0 Å². The van der Waals surface area contributed by atoms with Crippen molar-refractivity contribution in [1.29, 1.82) is 0 Å². The molecule has 0 aliphatic carbocycles. The lowest BCUT2D eigenvalue weighted by Gasteiger charge is -2.26. The van der Waals surface area contributed by atoms with E-state index in [-0.39, 0.29) is 30.0 Å². The number of aryl methyl sites for hydroxylation is 2. The minimum absolute atomic E-state index is 0. The second kappa shape index (κ2) is 8.75. The fourth-order valence-electron chi connectivity index (χ4n) is 3.60. The lowest BCUT2D eigenvalue weighted by atomic mass is 10.0. The lowest BCUT2D eigenvalue weighted by Crippen LogP contribution is -2.37. The van der Waals surface area contributed by atoms with E-state index in [9.17, 15) is 0 Å². The molecule has 0 radical (unpaired) electrons. The number of fused-ring (bicyclic) bond motifs is 2. The number of hydrogen-bond donors (Lipinski definition) is 2. The van der Waals surface area contributed by atoms with E-state index in [0.29, 0.717) is 19.1 Å². The minimum atomic E-state index is 0. The first-order chi connectivity index (χ1) is 12.3. The highest BCUT2D eigenvalue weighted by Crippen LogP contribution is 2.31. The highest BCUT2D eigenvalue weighted by atomic mass is 127. The van der Waals surface area contributed by atoms with Gasteiger partial charge in [-0.05, 0) is 18.9 Å². The van der Waals surface area contributed by atoms with Gasteiger partial charge < -0.3 is 20.4 Å². The van der Waals surface area contributed by atoms with Crippen LogP contribution in [0.2, 0.25) is 0 Å². The molecule has 3 N–H and O–H groups in total. The number of guanidine groups is 1. The number of rotatable bonds is 4. The number of nitrogens with one attached hydrogen (secondary N) is 1. The highest BCUT2D eigenvalue weighted by Gasteiger charge is 2.21. The Hall–Kier alpha value is -1.77. The summed E-state index contributed by atoms with van der Waals surface area (Å²) in [5.74, 6) is 2.64. The van der Waals surface area contributed by atoms with Crippen LogP contribution in [0.5, 0.6) is 5.75 Å². The number of aromatic nitrogens is 2. The number of halogens is 1.